The maximum absolute atomic E-state index is 11.4. The number of phenols is 1. The SMILES string of the molecule is CCc1cc([N+](=O)[O-])ccc1N=Nc1c(O)ccc2ccc(S(=O)(=O)O)cc12. The Labute approximate surface area is 159 Å². The van der Waals surface area contributed by atoms with E-state index in [1.165, 1.54) is 42.5 Å². The first-order valence-electron chi connectivity index (χ1n) is 8.13. The Morgan fingerprint density at radius 3 is 2.43 bits per heavy atom. The molecule has 0 aliphatic rings. The van der Waals surface area contributed by atoms with Crippen molar-refractivity contribution in [2.45, 2.75) is 18.2 Å². The molecule has 0 radical (unpaired) electrons. The molecule has 0 saturated carbocycles. The number of azo groups is 1. The maximum Gasteiger partial charge on any atom is 0.294 e. The summed E-state index contributed by atoms with van der Waals surface area (Å²) in [6, 6.07) is 11.0. The number of rotatable bonds is 5. The fraction of sp³-hybridized carbons (Fsp3) is 0.111. The molecule has 0 atom stereocenters. The zero-order valence-electron chi connectivity index (χ0n) is 14.6. The van der Waals surface area contributed by atoms with Crippen LogP contribution in [0.15, 0.2) is 63.7 Å². The van der Waals surface area contributed by atoms with Gasteiger partial charge < -0.3 is 5.11 Å². The number of non-ortho nitro benzene ring substituents is 1. The average Bonchev–Trinajstić information content (AvgIpc) is 2.65. The number of nitro benzene ring substituents is 1. The van der Waals surface area contributed by atoms with Crippen LogP contribution in [0.25, 0.3) is 10.8 Å². The number of fused-ring (bicyclic) bond motifs is 1. The molecule has 28 heavy (non-hydrogen) atoms. The standard InChI is InChI=1S/C18H15N3O6S/c1-2-11-9-13(21(23)24)5-7-16(11)19-20-18-15-10-14(28(25,26)27)6-3-12(15)4-8-17(18)22/h3-10,22H,2H2,1H3,(H,25,26,27). The van der Waals surface area contributed by atoms with Crippen molar-refractivity contribution in [2.75, 3.05) is 0 Å². The monoisotopic (exact) mass is 401 g/mol. The highest BCUT2D eigenvalue weighted by Crippen LogP contribution is 2.37. The number of hydrogen-bond acceptors (Lipinski definition) is 7. The Bertz CT molecular complexity index is 1220. The average molecular weight is 401 g/mol. The Kier molecular flexibility index (Phi) is 5.08. The molecule has 0 amide bonds. The van der Waals surface area contributed by atoms with Crippen LogP contribution < -0.4 is 0 Å². The zero-order valence-corrected chi connectivity index (χ0v) is 15.4. The Balaban J connectivity index is 2.14. The lowest BCUT2D eigenvalue weighted by Gasteiger charge is -2.06. The minimum atomic E-state index is -4.43. The molecule has 10 heteroatoms. The lowest BCUT2D eigenvalue weighted by atomic mass is 10.1. The summed E-state index contributed by atoms with van der Waals surface area (Å²) in [5.74, 6) is -0.233. The number of phenolic OH excluding ortho intramolecular Hbond substituents is 1. The van der Waals surface area contributed by atoms with Gasteiger partial charge in [0, 0.05) is 17.5 Å². The molecule has 0 aliphatic carbocycles. The van der Waals surface area contributed by atoms with Gasteiger partial charge in [0.2, 0.25) is 0 Å². The van der Waals surface area contributed by atoms with Gasteiger partial charge in [0.1, 0.15) is 11.4 Å². The van der Waals surface area contributed by atoms with Crippen LogP contribution in [-0.2, 0) is 16.5 Å². The number of hydrogen-bond donors (Lipinski definition) is 2. The van der Waals surface area contributed by atoms with Gasteiger partial charge in [0.05, 0.1) is 15.5 Å². The molecule has 0 spiro atoms. The quantitative estimate of drug-likeness (QED) is 0.275. The first kappa shape index (κ1) is 19.4. The molecule has 0 aliphatic heterocycles. The van der Waals surface area contributed by atoms with Gasteiger partial charge in [0.15, 0.2) is 0 Å². The van der Waals surface area contributed by atoms with Crippen molar-refractivity contribution >= 4 is 38.0 Å². The summed E-state index contributed by atoms with van der Waals surface area (Å²) in [6.07, 6.45) is 0.477. The van der Waals surface area contributed by atoms with Gasteiger partial charge in [-0.1, -0.05) is 19.1 Å². The predicted molar refractivity (Wildman–Crippen MR) is 102 cm³/mol. The normalized spacial score (nSPS) is 11.9. The van der Waals surface area contributed by atoms with E-state index < -0.39 is 15.0 Å². The molecule has 0 unspecified atom stereocenters. The first-order chi connectivity index (χ1) is 13.2. The number of aromatic hydroxyl groups is 1. The summed E-state index contributed by atoms with van der Waals surface area (Å²) in [7, 11) is -4.43. The smallest absolute Gasteiger partial charge is 0.294 e. The molecule has 2 N–H and O–H groups in total. The van der Waals surface area contributed by atoms with Gasteiger partial charge in [-0.15, -0.1) is 5.11 Å². The number of aryl methyl sites for hydroxylation is 1. The van der Waals surface area contributed by atoms with Crippen molar-refractivity contribution in [1.29, 1.82) is 0 Å². The van der Waals surface area contributed by atoms with Crippen molar-refractivity contribution < 1.29 is 23.0 Å². The van der Waals surface area contributed by atoms with Crippen LogP contribution in [0.2, 0.25) is 0 Å². The molecule has 0 saturated heterocycles. The minimum Gasteiger partial charge on any atom is -0.506 e. The summed E-state index contributed by atoms with van der Waals surface area (Å²) in [4.78, 5) is 10.1. The van der Waals surface area contributed by atoms with Gasteiger partial charge in [-0.3, -0.25) is 14.7 Å². The van der Waals surface area contributed by atoms with E-state index in [0.717, 1.165) is 0 Å². The Morgan fingerprint density at radius 1 is 1.07 bits per heavy atom. The minimum absolute atomic E-state index is 0.0170. The second-order valence-electron chi connectivity index (χ2n) is 5.91. The number of nitro groups is 1. The summed E-state index contributed by atoms with van der Waals surface area (Å²) in [6.45, 7) is 1.81. The van der Waals surface area contributed by atoms with Gasteiger partial charge in [0.25, 0.3) is 15.8 Å². The molecular formula is C18H15N3O6S. The summed E-state index contributed by atoms with van der Waals surface area (Å²) in [5.41, 5.74) is 0.928. The zero-order chi connectivity index (χ0) is 20.5. The van der Waals surface area contributed by atoms with Crippen LogP contribution in [0, 0.1) is 10.1 Å². The fourth-order valence-corrected chi connectivity index (χ4v) is 3.21. The van der Waals surface area contributed by atoms with Crippen molar-refractivity contribution in [3.05, 3.63) is 64.2 Å². The molecule has 0 bridgehead atoms. The van der Waals surface area contributed by atoms with E-state index in [1.54, 1.807) is 6.07 Å². The van der Waals surface area contributed by atoms with Crippen LogP contribution in [0.5, 0.6) is 5.75 Å². The summed E-state index contributed by atoms with van der Waals surface area (Å²) >= 11 is 0. The van der Waals surface area contributed by atoms with Crippen molar-refractivity contribution in [3.63, 3.8) is 0 Å². The predicted octanol–water partition coefficient (Wildman–Crippen LogP) is 4.68. The fourth-order valence-electron chi connectivity index (χ4n) is 2.71. The lowest BCUT2D eigenvalue weighted by Crippen LogP contribution is -1.97. The van der Waals surface area contributed by atoms with Gasteiger partial charge in [-0.25, -0.2) is 0 Å². The van der Waals surface area contributed by atoms with Crippen molar-refractivity contribution in [1.82, 2.24) is 0 Å². The number of nitrogens with zero attached hydrogens (tertiary/aromatic N) is 3. The van der Waals surface area contributed by atoms with E-state index >= 15 is 0 Å². The van der Waals surface area contributed by atoms with Crippen LogP contribution >= 0.6 is 0 Å². The van der Waals surface area contributed by atoms with Crippen molar-refractivity contribution in [2.24, 2.45) is 10.2 Å². The highest BCUT2D eigenvalue weighted by Gasteiger charge is 2.14. The highest BCUT2D eigenvalue weighted by atomic mass is 32.2. The van der Waals surface area contributed by atoms with E-state index in [4.69, 9.17) is 0 Å². The van der Waals surface area contributed by atoms with E-state index in [2.05, 4.69) is 10.2 Å². The molecule has 0 heterocycles. The molecule has 3 rings (SSSR count). The van der Waals surface area contributed by atoms with E-state index in [-0.39, 0.29) is 27.4 Å². The third kappa shape index (κ3) is 3.82. The Hall–Kier alpha value is -3.37. The maximum atomic E-state index is 11.4. The van der Waals surface area contributed by atoms with Crippen LogP contribution in [0.3, 0.4) is 0 Å². The molecule has 144 valence electrons. The van der Waals surface area contributed by atoms with Gasteiger partial charge in [-0.2, -0.15) is 13.5 Å². The van der Waals surface area contributed by atoms with E-state index in [1.807, 2.05) is 6.92 Å². The van der Waals surface area contributed by atoms with E-state index in [0.29, 0.717) is 23.1 Å². The first-order valence-corrected chi connectivity index (χ1v) is 9.57. The van der Waals surface area contributed by atoms with E-state index in [9.17, 15) is 28.2 Å². The molecular weight excluding hydrogens is 386 g/mol. The second kappa shape index (κ2) is 7.33. The summed E-state index contributed by atoms with van der Waals surface area (Å²) < 4.78 is 32.1. The van der Waals surface area contributed by atoms with Crippen LogP contribution in [-0.4, -0.2) is 23.0 Å². The number of benzene rings is 3. The molecule has 9 nitrogen and oxygen atoms in total. The molecule has 0 fully saturated rings. The lowest BCUT2D eigenvalue weighted by molar-refractivity contribution is -0.384. The molecule has 3 aromatic carbocycles. The third-order valence-electron chi connectivity index (χ3n) is 4.15. The highest BCUT2D eigenvalue weighted by molar-refractivity contribution is 7.85. The third-order valence-corrected chi connectivity index (χ3v) is 5.00. The van der Waals surface area contributed by atoms with Crippen LogP contribution in [0.4, 0.5) is 17.1 Å². The Morgan fingerprint density at radius 2 is 1.79 bits per heavy atom. The van der Waals surface area contributed by atoms with Gasteiger partial charge in [-0.05, 0) is 41.6 Å². The largest absolute Gasteiger partial charge is 0.506 e. The molecule has 0 aromatic heterocycles. The van der Waals surface area contributed by atoms with Gasteiger partial charge >= 0.3 is 0 Å². The van der Waals surface area contributed by atoms with Crippen molar-refractivity contribution in [3.8, 4) is 5.75 Å². The molecule has 3 aromatic rings. The second-order valence-corrected chi connectivity index (χ2v) is 7.34. The summed E-state index contributed by atoms with van der Waals surface area (Å²) in [5, 5.41) is 30.1. The van der Waals surface area contributed by atoms with Crippen LogP contribution in [0.1, 0.15) is 12.5 Å². The topological polar surface area (TPSA) is 142 Å².